The van der Waals surface area contributed by atoms with Crippen molar-refractivity contribution < 1.29 is 18.1 Å². The Balaban J connectivity index is 1.32. The minimum atomic E-state index is -0.347. The van der Waals surface area contributed by atoms with E-state index >= 15 is 0 Å². The van der Waals surface area contributed by atoms with Crippen molar-refractivity contribution in [2.75, 3.05) is 26.2 Å². The first-order chi connectivity index (χ1) is 12.7. The van der Waals surface area contributed by atoms with Gasteiger partial charge in [0, 0.05) is 31.7 Å². The molecule has 0 bridgehead atoms. The Kier molecular flexibility index (Phi) is 4.49. The molecule has 1 amide bonds. The van der Waals surface area contributed by atoms with Gasteiger partial charge in [-0.15, -0.1) is 0 Å². The summed E-state index contributed by atoms with van der Waals surface area (Å²) in [6.07, 6.45) is 1.56. The van der Waals surface area contributed by atoms with E-state index < -0.39 is 0 Å². The quantitative estimate of drug-likeness (QED) is 0.715. The highest BCUT2D eigenvalue weighted by Gasteiger charge is 2.23. The second-order valence-electron chi connectivity index (χ2n) is 6.06. The van der Waals surface area contributed by atoms with Gasteiger partial charge in [0.2, 0.25) is 11.7 Å². The normalized spacial score (nSPS) is 15.3. The third kappa shape index (κ3) is 3.50. The minimum Gasteiger partial charge on any atom is -0.461 e. The summed E-state index contributed by atoms with van der Waals surface area (Å²) in [5, 5.41) is 3.91. The zero-order chi connectivity index (χ0) is 17.9. The molecule has 0 radical (unpaired) electrons. The fourth-order valence-corrected chi connectivity index (χ4v) is 2.90. The summed E-state index contributed by atoms with van der Waals surface area (Å²) < 4.78 is 23.5. The fourth-order valence-electron chi connectivity index (χ4n) is 2.90. The van der Waals surface area contributed by atoms with Crippen molar-refractivity contribution in [2.24, 2.45) is 0 Å². The largest absolute Gasteiger partial charge is 0.461 e. The molecule has 1 aromatic carbocycles. The van der Waals surface area contributed by atoms with Crippen molar-refractivity contribution in [3.8, 4) is 11.6 Å². The SMILES string of the molecule is O=C(c1ccc(F)cc1)N1CCN(Cc2nc(-c3ccco3)no2)CC1. The van der Waals surface area contributed by atoms with Gasteiger partial charge >= 0.3 is 0 Å². The van der Waals surface area contributed by atoms with Gasteiger partial charge in [-0.25, -0.2) is 4.39 Å². The average Bonchev–Trinajstić information content (AvgIpc) is 3.34. The van der Waals surface area contributed by atoms with Crippen LogP contribution in [0.1, 0.15) is 16.2 Å². The van der Waals surface area contributed by atoms with E-state index in [0.717, 1.165) is 0 Å². The summed E-state index contributed by atoms with van der Waals surface area (Å²) in [7, 11) is 0. The molecule has 4 rings (SSSR count). The molecule has 3 aromatic rings. The average molecular weight is 356 g/mol. The van der Waals surface area contributed by atoms with E-state index in [9.17, 15) is 9.18 Å². The van der Waals surface area contributed by atoms with Gasteiger partial charge in [-0.05, 0) is 36.4 Å². The first kappa shape index (κ1) is 16.5. The van der Waals surface area contributed by atoms with Crippen LogP contribution in [0, 0.1) is 5.82 Å². The molecule has 0 N–H and O–H groups in total. The van der Waals surface area contributed by atoms with Crippen molar-refractivity contribution in [3.05, 3.63) is 59.9 Å². The van der Waals surface area contributed by atoms with Crippen molar-refractivity contribution in [2.45, 2.75) is 6.54 Å². The second kappa shape index (κ2) is 7.09. The molecule has 0 aliphatic carbocycles. The van der Waals surface area contributed by atoms with E-state index in [4.69, 9.17) is 8.94 Å². The van der Waals surface area contributed by atoms with E-state index in [0.29, 0.717) is 55.8 Å². The van der Waals surface area contributed by atoms with E-state index in [2.05, 4.69) is 15.0 Å². The topological polar surface area (TPSA) is 75.6 Å². The molecule has 1 aliphatic heterocycles. The van der Waals surface area contributed by atoms with Crippen LogP contribution < -0.4 is 0 Å². The fraction of sp³-hybridized carbons (Fsp3) is 0.278. The molecule has 0 saturated carbocycles. The Morgan fingerprint density at radius 1 is 1.12 bits per heavy atom. The maximum atomic E-state index is 13.0. The van der Waals surface area contributed by atoms with Crippen LogP contribution in [0.5, 0.6) is 0 Å². The maximum Gasteiger partial charge on any atom is 0.253 e. The molecule has 1 aliphatic rings. The minimum absolute atomic E-state index is 0.0810. The number of rotatable bonds is 4. The lowest BCUT2D eigenvalue weighted by atomic mass is 10.2. The molecule has 1 fully saturated rings. The third-order valence-corrected chi connectivity index (χ3v) is 4.32. The number of carbonyl (C=O) groups is 1. The number of carbonyl (C=O) groups excluding carboxylic acids is 1. The monoisotopic (exact) mass is 356 g/mol. The van der Waals surface area contributed by atoms with E-state index in [-0.39, 0.29) is 11.7 Å². The van der Waals surface area contributed by atoms with Gasteiger partial charge in [0.1, 0.15) is 5.82 Å². The van der Waals surface area contributed by atoms with Crippen LogP contribution in [0.15, 0.2) is 51.6 Å². The summed E-state index contributed by atoms with van der Waals surface area (Å²) in [5.41, 5.74) is 0.500. The third-order valence-electron chi connectivity index (χ3n) is 4.32. The number of benzene rings is 1. The summed E-state index contributed by atoms with van der Waals surface area (Å²) >= 11 is 0. The zero-order valence-corrected chi connectivity index (χ0v) is 14.0. The summed E-state index contributed by atoms with van der Waals surface area (Å²) in [6, 6.07) is 9.17. The second-order valence-corrected chi connectivity index (χ2v) is 6.06. The standard InChI is InChI=1S/C18H17FN4O3/c19-14-5-3-13(4-6-14)18(24)23-9-7-22(8-10-23)12-16-20-17(21-26-16)15-2-1-11-25-15/h1-6,11H,7-10,12H2. The van der Waals surface area contributed by atoms with Gasteiger partial charge in [0.05, 0.1) is 12.8 Å². The molecule has 0 spiro atoms. The highest BCUT2D eigenvalue weighted by molar-refractivity contribution is 5.94. The summed E-state index contributed by atoms with van der Waals surface area (Å²) in [5.74, 6) is 1.07. The van der Waals surface area contributed by atoms with Crippen LogP contribution in [0.4, 0.5) is 4.39 Å². The molecular formula is C18H17FN4O3. The smallest absolute Gasteiger partial charge is 0.253 e. The number of halogens is 1. The van der Waals surface area contributed by atoms with Crippen molar-refractivity contribution in [1.29, 1.82) is 0 Å². The number of hydrogen-bond donors (Lipinski definition) is 0. The molecule has 134 valence electrons. The molecule has 0 unspecified atom stereocenters. The molecule has 7 nitrogen and oxygen atoms in total. The predicted molar refractivity (Wildman–Crippen MR) is 89.6 cm³/mol. The van der Waals surface area contributed by atoms with Crippen LogP contribution in [-0.4, -0.2) is 52.0 Å². The highest BCUT2D eigenvalue weighted by atomic mass is 19.1. The van der Waals surface area contributed by atoms with Crippen LogP contribution in [-0.2, 0) is 6.54 Å². The lowest BCUT2D eigenvalue weighted by Crippen LogP contribution is -2.48. The number of aromatic nitrogens is 2. The molecule has 8 heteroatoms. The Hall–Kier alpha value is -3.00. The van der Waals surface area contributed by atoms with E-state index in [1.165, 1.54) is 24.3 Å². The number of nitrogens with zero attached hydrogens (tertiary/aromatic N) is 4. The molecule has 3 heterocycles. The number of amides is 1. The summed E-state index contributed by atoms with van der Waals surface area (Å²) in [6.45, 7) is 3.11. The predicted octanol–water partition coefficient (Wildman–Crippen LogP) is 2.43. The lowest BCUT2D eigenvalue weighted by molar-refractivity contribution is 0.0615. The Morgan fingerprint density at radius 2 is 1.88 bits per heavy atom. The van der Waals surface area contributed by atoms with Gasteiger partial charge in [0.25, 0.3) is 5.91 Å². The molecular weight excluding hydrogens is 339 g/mol. The maximum absolute atomic E-state index is 13.0. The van der Waals surface area contributed by atoms with Gasteiger partial charge < -0.3 is 13.8 Å². The van der Waals surface area contributed by atoms with Gasteiger partial charge in [-0.3, -0.25) is 9.69 Å². The van der Waals surface area contributed by atoms with Gasteiger partial charge in [-0.1, -0.05) is 5.16 Å². The van der Waals surface area contributed by atoms with Crippen molar-refractivity contribution in [3.63, 3.8) is 0 Å². The van der Waals surface area contributed by atoms with Gasteiger partial charge in [-0.2, -0.15) is 4.98 Å². The Morgan fingerprint density at radius 3 is 2.58 bits per heavy atom. The van der Waals surface area contributed by atoms with Crippen LogP contribution >= 0.6 is 0 Å². The Bertz CT molecular complexity index is 868. The number of hydrogen-bond acceptors (Lipinski definition) is 6. The first-order valence-electron chi connectivity index (χ1n) is 8.33. The van der Waals surface area contributed by atoms with Crippen LogP contribution in [0.2, 0.25) is 0 Å². The van der Waals surface area contributed by atoms with Crippen LogP contribution in [0.3, 0.4) is 0 Å². The van der Waals surface area contributed by atoms with E-state index in [1.54, 1.807) is 23.3 Å². The number of piperazine rings is 1. The zero-order valence-electron chi connectivity index (χ0n) is 14.0. The Labute approximate surface area is 149 Å². The lowest BCUT2D eigenvalue weighted by Gasteiger charge is -2.34. The van der Waals surface area contributed by atoms with Crippen molar-refractivity contribution >= 4 is 5.91 Å². The number of furan rings is 1. The molecule has 26 heavy (non-hydrogen) atoms. The summed E-state index contributed by atoms with van der Waals surface area (Å²) in [4.78, 5) is 20.7. The van der Waals surface area contributed by atoms with E-state index in [1.807, 2.05) is 0 Å². The molecule has 2 aromatic heterocycles. The molecule has 0 atom stereocenters. The first-order valence-corrected chi connectivity index (χ1v) is 8.33. The highest BCUT2D eigenvalue weighted by Crippen LogP contribution is 2.17. The van der Waals surface area contributed by atoms with Gasteiger partial charge in [0.15, 0.2) is 5.76 Å². The van der Waals surface area contributed by atoms with Crippen LogP contribution in [0.25, 0.3) is 11.6 Å². The molecule has 1 saturated heterocycles. The van der Waals surface area contributed by atoms with Crippen molar-refractivity contribution in [1.82, 2.24) is 19.9 Å².